The second kappa shape index (κ2) is 6.28. The number of hydrogen-bond donors (Lipinski definition) is 2. The largest absolute Gasteiger partial charge is 0.398 e. The number of rotatable bonds is 3. The molecule has 0 saturated heterocycles. The van der Waals surface area contributed by atoms with E-state index in [0.29, 0.717) is 11.4 Å². The van der Waals surface area contributed by atoms with Crippen LogP contribution in [0.4, 0.5) is 0 Å². The van der Waals surface area contributed by atoms with Crippen molar-refractivity contribution in [2.45, 2.75) is 27.7 Å². The smallest absolute Gasteiger partial charge is 0.0506 e. The van der Waals surface area contributed by atoms with Crippen LogP contribution in [-0.2, 0) is 0 Å². The Morgan fingerprint density at radius 2 is 1.60 bits per heavy atom. The van der Waals surface area contributed by atoms with Crippen molar-refractivity contribution in [1.82, 2.24) is 0 Å². The highest BCUT2D eigenvalue weighted by Gasteiger charge is 2.04. The fourth-order valence-electron chi connectivity index (χ4n) is 0.714. The third-order valence-corrected chi connectivity index (χ3v) is 3.63. The summed E-state index contributed by atoms with van der Waals surface area (Å²) < 4.78 is 1.78. The molecule has 0 saturated carbocycles. The summed E-state index contributed by atoms with van der Waals surface area (Å²) in [6, 6.07) is 0. The Morgan fingerprint density at radius 1 is 1.13 bits per heavy atom. The Kier molecular flexibility index (Phi) is 6.13. The first-order chi connectivity index (χ1) is 6.77. The second-order valence-electron chi connectivity index (χ2n) is 3.50. The maximum absolute atomic E-state index is 7.48. The Labute approximate surface area is 108 Å². The zero-order valence-electron chi connectivity index (χ0n) is 9.41. The van der Waals surface area contributed by atoms with Gasteiger partial charge < -0.3 is 11.1 Å². The van der Waals surface area contributed by atoms with Gasteiger partial charge in [-0.25, -0.2) is 0 Å². The molecule has 0 bridgehead atoms. The maximum Gasteiger partial charge on any atom is 0.0506 e. The lowest BCUT2D eigenvalue weighted by molar-refractivity contribution is 1.30. The molecule has 2 nitrogen and oxygen atoms in total. The average Bonchev–Trinajstić information content (AvgIpc) is 2.14. The zero-order valence-corrected chi connectivity index (χ0v) is 12.6. The van der Waals surface area contributed by atoms with E-state index < -0.39 is 0 Å². The first-order valence-electron chi connectivity index (χ1n) is 4.49. The molecule has 0 rings (SSSR count). The van der Waals surface area contributed by atoms with Crippen molar-refractivity contribution in [2.24, 2.45) is 5.73 Å². The number of hydrogen-bond acceptors (Lipinski definition) is 2. The van der Waals surface area contributed by atoms with Crippen molar-refractivity contribution in [2.75, 3.05) is 0 Å². The van der Waals surface area contributed by atoms with Crippen molar-refractivity contribution in [3.63, 3.8) is 0 Å². The van der Waals surface area contributed by atoms with Gasteiger partial charge in [0.1, 0.15) is 0 Å². The fraction of sp³-hybridized carbons (Fsp3) is 0.364. The molecular weight excluding hydrogens is 320 g/mol. The van der Waals surface area contributed by atoms with Gasteiger partial charge in [0.15, 0.2) is 0 Å². The van der Waals surface area contributed by atoms with Crippen LogP contribution < -0.4 is 5.73 Å². The number of nitrogens with two attached hydrogens (primary N) is 1. The van der Waals surface area contributed by atoms with E-state index in [-0.39, 0.29) is 0 Å². The van der Waals surface area contributed by atoms with Crippen LogP contribution in [-0.4, -0.2) is 5.71 Å². The van der Waals surface area contributed by atoms with Gasteiger partial charge in [-0.2, -0.15) is 0 Å². The standard InChI is InChI=1S/C11H16Br2N2/c1-6(2)9(12)5-10(13)11(15)7(3)8(4)14/h5,14H,15H2,1-4H3/b10-5+,11-7-,14-8?. The van der Waals surface area contributed by atoms with Crippen molar-refractivity contribution in [3.8, 4) is 0 Å². The SMILES string of the molecule is CC(=N)/C(C)=C(N)/C(Br)=C\C(Br)=C(C)C. The highest BCUT2D eigenvalue weighted by atomic mass is 79.9. The lowest BCUT2D eigenvalue weighted by atomic mass is 10.1. The van der Waals surface area contributed by atoms with Gasteiger partial charge in [-0.05, 0) is 55.3 Å². The molecule has 0 aromatic heterocycles. The van der Waals surface area contributed by atoms with Crippen LogP contribution in [0.1, 0.15) is 27.7 Å². The van der Waals surface area contributed by atoms with Crippen LogP contribution in [0.5, 0.6) is 0 Å². The monoisotopic (exact) mass is 334 g/mol. The van der Waals surface area contributed by atoms with E-state index in [0.717, 1.165) is 14.5 Å². The molecule has 0 radical (unpaired) electrons. The number of halogens is 2. The van der Waals surface area contributed by atoms with Crippen LogP contribution in [0.25, 0.3) is 0 Å². The number of nitrogens with one attached hydrogen (secondary N) is 1. The third kappa shape index (κ3) is 4.80. The molecule has 0 atom stereocenters. The minimum Gasteiger partial charge on any atom is -0.398 e. The highest BCUT2D eigenvalue weighted by molar-refractivity contribution is 9.12. The molecule has 0 aliphatic heterocycles. The predicted octanol–water partition coefficient (Wildman–Crippen LogP) is 4.23. The van der Waals surface area contributed by atoms with Gasteiger partial charge in [0.2, 0.25) is 0 Å². The van der Waals surface area contributed by atoms with Gasteiger partial charge in [0.05, 0.1) is 5.70 Å². The van der Waals surface area contributed by atoms with E-state index in [2.05, 4.69) is 31.9 Å². The molecule has 0 aliphatic carbocycles. The molecule has 0 amide bonds. The summed E-state index contributed by atoms with van der Waals surface area (Å²) in [7, 11) is 0. The average molecular weight is 336 g/mol. The van der Waals surface area contributed by atoms with Crippen LogP contribution >= 0.6 is 31.9 Å². The molecule has 84 valence electrons. The van der Waals surface area contributed by atoms with Gasteiger partial charge >= 0.3 is 0 Å². The van der Waals surface area contributed by atoms with Crippen molar-refractivity contribution >= 4 is 37.6 Å². The van der Waals surface area contributed by atoms with Crippen molar-refractivity contribution < 1.29 is 0 Å². The molecule has 0 fully saturated rings. The zero-order chi connectivity index (χ0) is 12.2. The summed E-state index contributed by atoms with van der Waals surface area (Å²) in [5.74, 6) is 0. The summed E-state index contributed by atoms with van der Waals surface area (Å²) in [5, 5.41) is 7.48. The van der Waals surface area contributed by atoms with Crippen LogP contribution in [0, 0.1) is 5.41 Å². The molecular formula is C11H16Br2N2. The minimum atomic E-state index is 0.478. The predicted molar refractivity (Wildman–Crippen MR) is 74.6 cm³/mol. The van der Waals surface area contributed by atoms with Crippen molar-refractivity contribution in [3.05, 3.63) is 31.9 Å². The Bertz CT molecular complexity index is 359. The Hall–Kier alpha value is -0.350. The van der Waals surface area contributed by atoms with Gasteiger partial charge in [-0.3, -0.25) is 0 Å². The van der Waals surface area contributed by atoms with Gasteiger partial charge in [-0.1, -0.05) is 21.5 Å². The molecule has 4 heteroatoms. The summed E-state index contributed by atoms with van der Waals surface area (Å²) in [5.41, 5.74) is 8.92. The van der Waals surface area contributed by atoms with E-state index >= 15 is 0 Å². The molecule has 0 aromatic rings. The highest BCUT2D eigenvalue weighted by Crippen LogP contribution is 2.23. The van der Waals surface area contributed by atoms with E-state index in [1.54, 1.807) is 6.92 Å². The van der Waals surface area contributed by atoms with E-state index in [9.17, 15) is 0 Å². The van der Waals surface area contributed by atoms with E-state index in [1.165, 1.54) is 5.57 Å². The molecule has 0 spiro atoms. The molecule has 3 N–H and O–H groups in total. The van der Waals surface area contributed by atoms with E-state index in [4.69, 9.17) is 11.1 Å². The van der Waals surface area contributed by atoms with Crippen LogP contribution in [0.2, 0.25) is 0 Å². The summed E-state index contributed by atoms with van der Waals surface area (Å²) >= 11 is 6.84. The second-order valence-corrected chi connectivity index (χ2v) is 5.21. The van der Waals surface area contributed by atoms with Gasteiger partial charge in [-0.15, -0.1) is 0 Å². The summed E-state index contributed by atoms with van der Waals surface area (Å²) in [6.07, 6.45) is 1.90. The first kappa shape index (κ1) is 14.6. The molecule has 0 aliphatic rings. The minimum absolute atomic E-state index is 0.478. The van der Waals surface area contributed by atoms with Crippen molar-refractivity contribution in [1.29, 1.82) is 5.41 Å². The fourth-order valence-corrected chi connectivity index (χ4v) is 1.78. The van der Waals surface area contributed by atoms with Gasteiger partial charge in [0.25, 0.3) is 0 Å². The lowest BCUT2D eigenvalue weighted by Crippen LogP contribution is -2.05. The molecule has 0 heterocycles. The Morgan fingerprint density at radius 3 is 1.93 bits per heavy atom. The molecule has 15 heavy (non-hydrogen) atoms. The normalized spacial score (nSPS) is 13.3. The van der Waals surface area contributed by atoms with Crippen LogP contribution in [0.15, 0.2) is 31.9 Å². The summed E-state index contributed by atoms with van der Waals surface area (Å²) in [6.45, 7) is 7.58. The van der Waals surface area contributed by atoms with Crippen LogP contribution in [0.3, 0.4) is 0 Å². The lowest BCUT2D eigenvalue weighted by Gasteiger charge is -2.06. The number of allylic oxidation sites excluding steroid dienone is 5. The molecule has 0 aromatic carbocycles. The maximum atomic E-state index is 7.48. The molecule has 0 unspecified atom stereocenters. The topological polar surface area (TPSA) is 49.9 Å². The quantitative estimate of drug-likeness (QED) is 0.588. The van der Waals surface area contributed by atoms with E-state index in [1.807, 2.05) is 26.8 Å². The third-order valence-electron chi connectivity index (χ3n) is 1.95. The first-order valence-corrected chi connectivity index (χ1v) is 6.08. The summed E-state index contributed by atoms with van der Waals surface area (Å²) in [4.78, 5) is 0. The Balaban J connectivity index is 5.21. The van der Waals surface area contributed by atoms with Gasteiger partial charge in [0, 0.05) is 14.7 Å².